The number of methoxy groups -OCH3 is 1. The fourth-order valence-electron chi connectivity index (χ4n) is 3.04. The number of carbonyl (C=O) groups is 2. The van der Waals surface area contributed by atoms with Gasteiger partial charge in [0, 0.05) is 25.6 Å². The molecule has 6 nitrogen and oxygen atoms in total. The van der Waals surface area contributed by atoms with Crippen molar-refractivity contribution in [1.29, 1.82) is 0 Å². The largest absolute Gasteiger partial charge is 0.496 e. The van der Waals surface area contributed by atoms with Crippen LogP contribution in [0.5, 0.6) is 5.75 Å². The zero-order chi connectivity index (χ0) is 20.0. The van der Waals surface area contributed by atoms with E-state index >= 15 is 0 Å². The zero-order valence-electron chi connectivity index (χ0n) is 15.9. The summed E-state index contributed by atoms with van der Waals surface area (Å²) in [6.45, 7) is 3.92. The SMILES string of the molecule is COc1ccc(CC(=O)O)cc1-c1ccc(C)cc1CN(CCO)C(C)=O. The Morgan fingerprint density at radius 3 is 2.44 bits per heavy atom. The molecular weight excluding hydrogens is 346 g/mol. The molecule has 2 aromatic carbocycles. The highest BCUT2D eigenvalue weighted by atomic mass is 16.5. The normalized spacial score (nSPS) is 10.5. The molecule has 144 valence electrons. The van der Waals surface area contributed by atoms with Crippen molar-refractivity contribution in [3.05, 3.63) is 53.1 Å². The van der Waals surface area contributed by atoms with Crippen molar-refractivity contribution < 1.29 is 24.5 Å². The van der Waals surface area contributed by atoms with Crippen molar-refractivity contribution in [2.75, 3.05) is 20.3 Å². The fraction of sp³-hybridized carbons (Fsp3) is 0.333. The van der Waals surface area contributed by atoms with Crippen LogP contribution in [0.4, 0.5) is 0 Å². The minimum Gasteiger partial charge on any atom is -0.496 e. The summed E-state index contributed by atoms with van der Waals surface area (Å²) in [6.07, 6.45) is -0.0811. The Morgan fingerprint density at radius 2 is 1.85 bits per heavy atom. The van der Waals surface area contributed by atoms with Crippen molar-refractivity contribution in [3.8, 4) is 16.9 Å². The molecule has 0 aliphatic carbocycles. The molecule has 0 aliphatic heterocycles. The van der Waals surface area contributed by atoms with Gasteiger partial charge in [-0.2, -0.15) is 0 Å². The number of carbonyl (C=O) groups excluding carboxylic acids is 1. The molecule has 0 radical (unpaired) electrons. The number of aliphatic carboxylic acids is 1. The van der Waals surface area contributed by atoms with E-state index in [4.69, 9.17) is 9.84 Å². The summed E-state index contributed by atoms with van der Waals surface area (Å²) in [7, 11) is 1.57. The number of carboxylic acid groups (broad SMARTS) is 1. The molecule has 0 heterocycles. The second kappa shape index (κ2) is 9.19. The first-order valence-electron chi connectivity index (χ1n) is 8.70. The molecule has 6 heteroatoms. The summed E-state index contributed by atoms with van der Waals surface area (Å²) < 4.78 is 5.48. The molecule has 0 fully saturated rings. The number of carboxylic acids is 1. The van der Waals surface area contributed by atoms with Crippen LogP contribution >= 0.6 is 0 Å². The van der Waals surface area contributed by atoms with Gasteiger partial charge in [0.25, 0.3) is 0 Å². The van der Waals surface area contributed by atoms with E-state index in [1.165, 1.54) is 6.92 Å². The van der Waals surface area contributed by atoms with E-state index in [2.05, 4.69) is 0 Å². The monoisotopic (exact) mass is 371 g/mol. The maximum atomic E-state index is 11.9. The van der Waals surface area contributed by atoms with Crippen molar-refractivity contribution in [3.63, 3.8) is 0 Å². The van der Waals surface area contributed by atoms with Crippen molar-refractivity contribution >= 4 is 11.9 Å². The van der Waals surface area contributed by atoms with Crippen LogP contribution in [0.1, 0.15) is 23.6 Å². The summed E-state index contributed by atoms with van der Waals surface area (Å²) >= 11 is 0. The Bertz CT molecular complexity index is 831. The molecule has 0 aromatic heterocycles. The van der Waals surface area contributed by atoms with Gasteiger partial charge in [-0.1, -0.05) is 29.8 Å². The van der Waals surface area contributed by atoms with Gasteiger partial charge in [-0.15, -0.1) is 0 Å². The lowest BCUT2D eigenvalue weighted by atomic mass is 9.94. The molecule has 0 atom stereocenters. The number of amides is 1. The lowest BCUT2D eigenvalue weighted by molar-refractivity contribution is -0.136. The van der Waals surface area contributed by atoms with E-state index in [0.717, 1.165) is 22.3 Å². The lowest BCUT2D eigenvalue weighted by Crippen LogP contribution is -2.31. The number of benzene rings is 2. The number of nitrogens with zero attached hydrogens (tertiary/aromatic N) is 1. The number of rotatable bonds is 8. The maximum absolute atomic E-state index is 11.9. The van der Waals surface area contributed by atoms with Gasteiger partial charge in [-0.05, 0) is 35.7 Å². The van der Waals surface area contributed by atoms with Crippen molar-refractivity contribution in [2.45, 2.75) is 26.8 Å². The summed E-state index contributed by atoms with van der Waals surface area (Å²) in [5.74, 6) is -0.394. The summed E-state index contributed by atoms with van der Waals surface area (Å²) in [5, 5.41) is 18.3. The van der Waals surface area contributed by atoms with Crippen LogP contribution in [-0.2, 0) is 22.6 Å². The number of hydrogen-bond donors (Lipinski definition) is 2. The number of aliphatic hydroxyl groups is 1. The molecule has 1 amide bonds. The van der Waals surface area contributed by atoms with E-state index in [0.29, 0.717) is 17.9 Å². The molecule has 2 aromatic rings. The van der Waals surface area contributed by atoms with Gasteiger partial charge in [-0.25, -0.2) is 0 Å². The fourth-order valence-corrected chi connectivity index (χ4v) is 3.04. The second-order valence-electron chi connectivity index (χ2n) is 6.43. The number of aryl methyl sites for hydroxylation is 1. The van der Waals surface area contributed by atoms with Crippen LogP contribution in [-0.4, -0.2) is 47.3 Å². The van der Waals surface area contributed by atoms with E-state index in [1.807, 2.05) is 31.2 Å². The smallest absolute Gasteiger partial charge is 0.307 e. The van der Waals surface area contributed by atoms with E-state index in [9.17, 15) is 14.7 Å². The number of aliphatic hydroxyl groups excluding tert-OH is 1. The molecule has 2 N–H and O–H groups in total. The van der Waals surface area contributed by atoms with Crippen LogP contribution in [0.15, 0.2) is 36.4 Å². The summed E-state index contributed by atoms with van der Waals surface area (Å²) in [4.78, 5) is 24.5. The predicted octanol–water partition coefficient (Wildman–Crippen LogP) is 2.64. The quantitative estimate of drug-likeness (QED) is 0.745. The van der Waals surface area contributed by atoms with Gasteiger partial charge in [0.05, 0.1) is 20.1 Å². The Morgan fingerprint density at radius 1 is 1.11 bits per heavy atom. The average Bonchev–Trinajstić information content (AvgIpc) is 2.61. The molecule has 0 aliphatic rings. The Kier molecular flexibility index (Phi) is 6.96. The first kappa shape index (κ1) is 20.5. The molecule has 27 heavy (non-hydrogen) atoms. The van der Waals surface area contributed by atoms with E-state index < -0.39 is 5.97 Å². The number of ether oxygens (including phenoxy) is 1. The van der Waals surface area contributed by atoms with E-state index in [1.54, 1.807) is 24.1 Å². The molecule has 0 saturated carbocycles. The third-order valence-electron chi connectivity index (χ3n) is 4.35. The van der Waals surface area contributed by atoms with E-state index in [-0.39, 0.29) is 25.5 Å². The Hall–Kier alpha value is -2.86. The second-order valence-corrected chi connectivity index (χ2v) is 6.43. The highest BCUT2D eigenvalue weighted by Crippen LogP contribution is 2.34. The Balaban J connectivity index is 2.54. The highest BCUT2D eigenvalue weighted by Gasteiger charge is 2.16. The van der Waals surface area contributed by atoms with Gasteiger partial charge >= 0.3 is 5.97 Å². The van der Waals surface area contributed by atoms with Gasteiger partial charge in [0.2, 0.25) is 5.91 Å². The molecule has 0 bridgehead atoms. The minimum atomic E-state index is -0.902. The first-order valence-corrected chi connectivity index (χ1v) is 8.70. The number of hydrogen-bond acceptors (Lipinski definition) is 4. The highest BCUT2D eigenvalue weighted by molar-refractivity contribution is 5.78. The van der Waals surface area contributed by atoms with Gasteiger partial charge in [0.15, 0.2) is 0 Å². The minimum absolute atomic E-state index is 0.0811. The lowest BCUT2D eigenvalue weighted by Gasteiger charge is -2.23. The zero-order valence-corrected chi connectivity index (χ0v) is 15.9. The van der Waals surface area contributed by atoms with Gasteiger partial charge in [-0.3, -0.25) is 9.59 Å². The topological polar surface area (TPSA) is 87.1 Å². The van der Waals surface area contributed by atoms with Crippen LogP contribution in [0.25, 0.3) is 11.1 Å². The van der Waals surface area contributed by atoms with Crippen LogP contribution < -0.4 is 4.74 Å². The van der Waals surface area contributed by atoms with Crippen LogP contribution in [0.2, 0.25) is 0 Å². The third-order valence-corrected chi connectivity index (χ3v) is 4.35. The van der Waals surface area contributed by atoms with Gasteiger partial charge in [0.1, 0.15) is 5.75 Å². The summed E-state index contributed by atoms with van der Waals surface area (Å²) in [6, 6.07) is 11.2. The average molecular weight is 371 g/mol. The van der Waals surface area contributed by atoms with Crippen molar-refractivity contribution in [2.24, 2.45) is 0 Å². The molecule has 2 rings (SSSR count). The molecular formula is C21H25NO5. The predicted molar refractivity (Wildman–Crippen MR) is 103 cm³/mol. The molecule has 0 saturated heterocycles. The molecule has 0 spiro atoms. The maximum Gasteiger partial charge on any atom is 0.307 e. The standard InChI is InChI=1S/C21H25NO5/c1-14-4-6-18(17(10-14)13-22(8-9-23)15(2)24)19-11-16(12-21(25)26)5-7-20(19)27-3/h4-7,10-11,23H,8-9,12-13H2,1-3H3,(H,25,26). The Labute approximate surface area is 159 Å². The van der Waals surface area contributed by atoms with Crippen LogP contribution in [0.3, 0.4) is 0 Å². The van der Waals surface area contributed by atoms with Crippen LogP contribution in [0, 0.1) is 6.92 Å². The third kappa shape index (κ3) is 5.31. The molecule has 0 unspecified atom stereocenters. The summed E-state index contributed by atoms with van der Waals surface area (Å²) in [5.41, 5.74) is 4.27. The van der Waals surface area contributed by atoms with Gasteiger partial charge < -0.3 is 19.8 Å². The van der Waals surface area contributed by atoms with Crippen molar-refractivity contribution in [1.82, 2.24) is 4.90 Å². The first-order chi connectivity index (χ1) is 12.8.